The molecule has 0 aliphatic carbocycles. The largest absolute Gasteiger partial charge is 0.388 e. The third-order valence-corrected chi connectivity index (χ3v) is 5.67. The van der Waals surface area contributed by atoms with E-state index in [0.29, 0.717) is 43.9 Å². The van der Waals surface area contributed by atoms with Gasteiger partial charge in [0.25, 0.3) is 0 Å². The van der Waals surface area contributed by atoms with E-state index in [0.717, 1.165) is 5.69 Å². The predicted molar refractivity (Wildman–Crippen MR) is 82.3 cm³/mol. The number of nitrogens with one attached hydrogen (secondary N) is 1. The molecule has 0 atom stereocenters. The molecule has 21 heavy (non-hydrogen) atoms. The first-order valence-corrected chi connectivity index (χ1v) is 8.97. The van der Waals surface area contributed by atoms with Crippen molar-refractivity contribution in [2.45, 2.75) is 36.7 Å². The summed E-state index contributed by atoms with van der Waals surface area (Å²) < 4.78 is 29.1. The molecule has 1 aliphatic rings. The van der Waals surface area contributed by atoms with Crippen molar-refractivity contribution < 1.29 is 18.3 Å². The molecule has 6 heteroatoms. The third kappa shape index (κ3) is 4.43. The summed E-state index contributed by atoms with van der Waals surface area (Å²) in [4.78, 5) is 0.347. The topological polar surface area (TPSA) is 75.6 Å². The first-order valence-electron chi connectivity index (χ1n) is 7.32. The van der Waals surface area contributed by atoms with Gasteiger partial charge in [-0.25, -0.2) is 8.42 Å². The zero-order valence-electron chi connectivity index (χ0n) is 12.3. The van der Waals surface area contributed by atoms with Crippen LogP contribution in [0.15, 0.2) is 29.2 Å². The zero-order chi connectivity index (χ0) is 15.3. The molecule has 2 rings (SSSR count). The summed E-state index contributed by atoms with van der Waals surface area (Å²) in [6, 6.07) is 6.71. The summed E-state index contributed by atoms with van der Waals surface area (Å²) >= 11 is 0. The molecule has 1 aromatic rings. The molecule has 0 spiro atoms. The molecule has 1 fully saturated rings. The summed E-state index contributed by atoms with van der Waals surface area (Å²) in [5, 5.41) is 13.5. The summed E-state index contributed by atoms with van der Waals surface area (Å²) in [7, 11) is -3.17. The van der Waals surface area contributed by atoms with E-state index < -0.39 is 15.4 Å². The van der Waals surface area contributed by atoms with Crippen molar-refractivity contribution in [3.05, 3.63) is 24.3 Å². The normalized spacial score (nSPS) is 18.4. The lowest BCUT2D eigenvalue weighted by Crippen LogP contribution is -2.42. The molecule has 1 aromatic carbocycles. The van der Waals surface area contributed by atoms with Crippen molar-refractivity contribution in [1.82, 2.24) is 0 Å². The van der Waals surface area contributed by atoms with Gasteiger partial charge in [0.2, 0.25) is 0 Å². The minimum absolute atomic E-state index is 0.166. The van der Waals surface area contributed by atoms with Crippen molar-refractivity contribution in [2.75, 3.05) is 30.8 Å². The number of sulfone groups is 1. The van der Waals surface area contributed by atoms with Gasteiger partial charge in [-0.05, 0) is 30.7 Å². The summed E-state index contributed by atoms with van der Waals surface area (Å²) in [5.74, 6) is 0.166. The van der Waals surface area contributed by atoms with E-state index in [1.807, 2.05) is 6.92 Å². The molecule has 2 N–H and O–H groups in total. The van der Waals surface area contributed by atoms with Crippen molar-refractivity contribution in [3.63, 3.8) is 0 Å². The Hall–Kier alpha value is -1.11. The van der Waals surface area contributed by atoms with Crippen molar-refractivity contribution >= 4 is 15.5 Å². The minimum Gasteiger partial charge on any atom is -0.388 e. The minimum atomic E-state index is -3.17. The lowest BCUT2D eigenvalue weighted by molar-refractivity contribution is -0.0543. The molecule has 1 aliphatic heterocycles. The van der Waals surface area contributed by atoms with Crippen LogP contribution in [0.3, 0.4) is 0 Å². The van der Waals surface area contributed by atoms with Crippen LogP contribution in [-0.2, 0) is 14.6 Å². The van der Waals surface area contributed by atoms with Crippen molar-refractivity contribution in [1.29, 1.82) is 0 Å². The second kappa shape index (κ2) is 6.77. The Morgan fingerprint density at radius 2 is 1.86 bits per heavy atom. The first-order chi connectivity index (χ1) is 9.95. The van der Waals surface area contributed by atoms with Gasteiger partial charge in [-0.2, -0.15) is 0 Å². The second-order valence-corrected chi connectivity index (χ2v) is 7.64. The molecular weight excluding hydrogens is 290 g/mol. The van der Waals surface area contributed by atoms with E-state index in [1.54, 1.807) is 24.3 Å². The average molecular weight is 313 g/mol. The Kier molecular flexibility index (Phi) is 5.24. The molecule has 118 valence electrons. The Morgan fingerprint density at radius 1 is 1.24 bits per heavy atom. The quantitative estimate of drug-likeness (QED) is 0.838. The molecule has 5 nitrogen and oxygen atoms in total. The fourth-order valence-corrected chi connectivity index (χ4v) is 3.69. The fourth-order valence-electron chi connectivity index (χ4n) is 2.36. The summed E-state index contributed by atoms with van der Waals surface area (Å²) in [5.41, 5.74) is 0.0657. The second-order valence-electron chi connectivity index (χ2n) is 5.53. The van der Waals surface area contributed by atoms with E-state index >= 15 is 0 Å². The van der Waals surface area contributed by atoms with Crippen LogP contribution in [0.5, 0.6) is 0 Å². The van der Waals surface area contributed by atoms with Crippen molar-refractivity contribution in [2.24, 2.45) is 0 Å². The number of hydrogen-bond acceptors (Lipinski definition) is 5. The van der Waals surface area contributed by atoms with Crippen LogP contribution in [0.25, 0.3) is 0 Å². The number of aliphatic hydroxyl groups is 1. The van der Waals surface area contributed by atoms with E-state index in [1.165, 1.54) is 0 Å². The van der Waals surface area contributed by atoms with Crippen LogP contribution in [0.2, 0.25) is 0 Å². The predicted octanol–water partition coefficient (Wildman–Crippen LogP) is 1.82. The monoisotopic (exact) mass is 313 g/mol. The highest BCUT2D eigenvalue weighted by Gasteiger charge is 2.29. The molecule has 0 saturated carbocycles. The highest BCUT2D eigenvalue weighted by atomic mass is 32.2. The number of anilines is 1. The van der Waals surface area contributed by atoms with Crippen LogP contribution in [0, 0.1) is 0 Å². The summed E-state index contributed by atoms with van der Waals surface area (Å²) in [6.07, 6.45) is 1.84. The average Bonchev–Trinajstić information content (AvgIpc) is 2.46. The van der Waals surface area contributed by atoms with Gasteiger partial charge in [-0.1, -0.05) is 6.92 Å². The van der Waals surface area contributed by atoms with Crippen molar-refractivity contribution in [3.8, 4) is 0 Å². The Labute approximate surface area is 126 Å². The molecule has 0 unspecified atom stereocenters. The van der Waals surface area contributed by atoms with Gasteiger partial charge in [-0.15, -0.1) is 0 Å². The Morgan fingerprint density at radius 3 is 2.43 bits per heavy atom. The fraction of sp³-hybridized carbons (Fsp3) is 0.600. The molecule has 1 saturated heterocycles. The van der Waals surface area contributed by atoms with E-state index in [9.17, 15) is 13.5 Å². The number of benzene rings is 1. The Bertz CT molecular complexity index is 548. The van der Waals surface area contributed by atoms with E-state index in [-0.39, 0.29) is 5.75 Å². The number of ether oxygens (including phenoxy) is 1. The van der Waals surface area contributed by atoms with Gasteiger partial charge in [0.05, 0.1) is 16.2 Å². The smallest absolute Gasteiger partial charge is 0.178 e. The molecule has 0 radical (unpaired) electrons. The first kappa shape index (κ1) is 16.3. The standard InChI is InChI=1S/C15H23NO4S/c1-2-11-21(18,19)14-5-3-13(4-6-14)16-12-15(17)7-9-20-10-8-15/h3-6,16-17H,2,7-12H2,1H3. The van der Waals surface area contributed by atoms with Gasteiger partial charge in [0.1, 0.15) is 0 Å². The van der Waals surface area contributed by atoms with Crippen LogP contribution in [0.1, 0.15) is 26.2 Å². The lowest BCUT2D eigenvalue weighted by atomic mass is 9.94. The van der Waals surface area contributed by atoms with Crippen LogP contribution in [-0.4, -0.2) is 44.6 Å². The highest BCUT2D eigenvalue weighted by Crippen LogP contribution is 2.22. The molecule has 0 bridgehead atoms. The maximum absolute atomic E-state index is 11.9. The zero-order valence-corrected chi connectivity index (χ0v) is 13.2. The third-order valence-electron chi connectivity index (χ3n) is 3.73. The van der Waals surface area contributed by atoms with E-state index in [4.69, 9.17) is 4.74 Å². The maximum Gasteiger partial charge on any atom is 0.178 e. The van der Waals surface area contributed by atoms with Crippen LogP contribution >= 0.6 is 0 Å². The van der Waals surface area contributed by atoms with Gasteiger partial charge in [-0.3, -0.25) is 0 Å². The summed E-state index contributed by atoms with van der Waals surface area (Å²) in [6.45, 7) is 3.44. The number of hydrogen-bond donors (Lipinski definition) is 2. The number of rotatable bonds is 6. The molecule has 0 aromatic heterocycles. The maximum atomic E-state index is 11.9. The Balaban J connectivity index is 1.96. The van der Waals surface area contributed by atoms with E-state index in [2.05, 4.69) is 5.32 Å². The van der Waals surface area contributed by atoms with Crippen LogP contribution in [0.4, 0.5) is 5.69 Å². The molecular formula is C15H23NO4S. The SMILES string of the molecule is CCCS(=O)(=O)c1ccc(NCC2(O)CCOCC2)cc1. The van der Waals surface area contributed by atoms with Gasteiger partial charge >= 0.3 is 0 Å². The van der Waals surface area contributed by atoms with Gasteiger partial charge < -0.3 is 15.2 Å². The molecule has 1 heterocycles. The highest BCUT2D eigenvalue weighted by molar-refractivity contribution is 7.91. The van der Waals surface area contributed by atoms with Gasteiger partial charge in [0, 0.05) is 38.3 Å². The lowest BCUT2D eigenvalue weighted by Gasteiger charge is -2.32. The van der Waals surface area contributed by atoms with Crippen LogP contribution < -0.4 is 5.32 Å². The van der Waals surface area contributed by atoms with Gasteiger partial charge in [0.15, 0.2) is 9.84 Å². The molecule has 0 amide bonds.